The number of amides is 1. The highest BCUT2D eigenvalue weighted by Crippen LogP contribution is 2.31. The van der Waals surface area contributed by atoms with E-state index in [9.17, 15) is 21.6 Å². The topological polar surface area (TPSA) is 116 Å². The van der Waals surface area contributed by atoms with Gasteiger partial charge in [-0.1, -0.05) is 49.0 Å². The van der Waals surface area contributed by atoms with E-state index in [1.54, 1.807) is 0 Å². The average Bonchev–Trinajstić information content (AvgIpc) is 2.80. The molecule has 1 unspecified atom stereocenters. The molecule has 33 heavy (non-hydrogen) atoms. The monoisotopic (exact) mass is 494 g/mol. The Labute approximate surface area is 195 Å². The van der Waals surface area contributed by atoms with E-state index in [-0.39, 0.29) is 12.1 Å². The molecule has 1 aliphatic heterocycles. The summed E-state index contributed by atoms with van der Waals surface area (Å²) in [5.41, 5.74) is 3.24. The Balaban J connectivity index is 1.66. The molecule has 0 spiro atoms. The molecule has 2 N–H and O–H groups in total. The molecule has 1 aliphatic rings. The third-order valence-electron chi connectivity index (χ3n) is 6.01. The van der Waals surface area contributed by atoms with E-state index < -0.39 is 32.5 Å². The Bertz CT molecular complexity index is 1220. The lowest BCUT2D eigenvalue weighted by Gasteiger charge is -2.39. The summed E-state index contributed by atoms with van der Waals surface area (Å²) in [4.78, 5) is 16.4. The maximum absolute atomic E-state index is 12.4. The van der Waals surface area contributed by atoms with E-state index in [2.05, 4.69) is 42.7 Å². The van der Waals surface area contributed by atoms with Gasteiger partial charge in [-0.25, -0.2) is 16.8 Å². The van der Waals surface area contributed by atoms with Crippen molar-refractivity contribution < 1.29 is 21.6 Å². The summed E-state index contributed by atoms with van der Waals surface area (Å²) in [5.74, 6) is -0.766. The number of benzene rings is 2. The first-order chi connectivity index (χ1) is 15.5. The standard InChI is InChI=1S/C22H30N4O5S2/c1-4-33(30,31)24-23-22(27)16-26(32(3,28)29)19-12-14-25(15-13-19)17(2)20-11-7-9-18-8-5-6-10-21(18)20/h4-11,17,19,24H,1,12-16H2,2-3H3,(H,23,27). The first-order valence-electron chi connectivity index (χ1n) is 10.6. The van der Waals surface area contributed by atoms with Crippen molar-refractivity contribution in [3.05, 3.63) is 60.0 Å². The first kappa shape index (κ1) is 25.3. The number of carbonyl (C=O) groups is 1. The van der Waals surface area contributed by atoms with Crippen LogP contribution in [0.5, 0.6) is 0 Å². The van der Waals surface area contributed by atoms with Crippen molar-refractivity contribution in [2.75, 3.05) is 25.9 Å². The second-order valence-electron chi connectivity index (χ2n) is 8.18. The summed E-state index contributed by atoms with van der Waals surface area (Å²) in [6.07, 6.45) is 2.18. The molecule has 1 saturated heterocycles. The first-order valence-corrected chi connectivity index (χ1v) is 14.0. The van der Waals surface area contributed by atoms with Crippen LogP contribution >= 0.6 is 0 Å². The largest absolute Gasteiger partial charge is 0.296 e. The molecule has 1 heterocycles. The number of hydrazine groups is 1. The van der Waals surface area contributed by atoms with Gasteiger partial charge in [-0.3, -0.25) is 15.1 Å². The van der Waals surface area contributed by atoms with Gasteiger partial charge in [0.1, 0.15) is 0 Å². The van der Waals surface area contributed by atoms with Crippen molar-refractivity contribution in [1.82, 2.24) is 19.5 Å². The normalized spacial score (nSPS) is 17.2. The second kappa shape index (κ2) is 10.3. The fourth-order valence-corrected chi connectivity index (χ4v) is 5.68. The Morgan fingerprint density at radius 1 is 1.15 bits per heavy atom. The predicted octanol–water partition coefficient (Wildman–Crippen LogP) is 1.72. The van der Waals surface area contributed by atoms with E-state index in [1.807, 2.05) is 28.5 Å². The van der Waals surface area contributed by atoms with Crippen molar-refractivity contribution in [3.63, 3.8) is 0 Å². The van der Waals surface area contributed by atoms with E-state index in [0.717, 1.165) is 10.6 Å². The summed E-state index contributed by atoms with van der Waals surface area (Å²) in [7, 11) is -7.54. The number of likely N-dealkylation sites (tertiary alicyclic amines) is 1. The smallest absolute Gasteiger partial charge is 0.250 e. The molecule has 0 aliphatic carbocycles. The van der Waals surface area contributed by atoms with Gasteiger partial charge in [0.15, 0.2) is 0 Å². The molecule has 3 rings (SSSR count). The summed E-state index contributed by atoms with van der Waals surface area (Å²) in [6.45, 7) is 6.15. The Hall–Kier alpha value is -2.31. The van der Waals surface area contributed by atoms with Gasteiger partial charge in [-0.2, -0.15) is 4.31 Å². The molecule has 1 fully saturated rings. The van der Waals surface area contributed by atoms with Crippen LogP contribution in [-0.4, -0.2) is 63.9 Å². The number of piperidine rings is 1. The third kappa shape index (κ3) is 6.39. The van der Waals surface area contributed by atoms with E-state index in [0.29, 0.717) is 31.3 Å². The van der Waals surface area contributed by atoms with E-state index in [4.69, 9.17) is 0 Å². The number of nitrogens with zero attached hydrogens (tertiary/aromatic N) is 2. The molecule has 1 atom stereocenters. The third-order valence-corrected chi connectivity index (χ3v) is 8.11. The van der Waals surface area contributed by atoms with Crippen LogP contribution in [0.25, 0.3) is 10.8 Å². The van der Waals surface area contributed by atoms with Crippen molar-refractivity contribution in [3.8, 4) is 0 Å². The quantitative estimate of drug-likeness (QED) is 0.513. The number of hydrogen-bond donors (Lipinski definition) is 2. The minimum absolute atomic E-state index is 0.153. The Morgan fingerprint density at radius 3 is 2.42 bits per heavy atom. The van der Waals surface area contributed by atoms with E-state index in [1.165, 1.54) is 16.3 Å². The highest BCUT2D eigenvalue weighted by molar-refractivity contribution is 7.92. The lowest BCUT2D eigenvalue weighted by atomic mass is 9.96. The maximum atomic E-state index is 12.4. The van der Waals surface area contributed by atoms with Crippen LogP contribution in [0.15, 0.2) is 54.5 Å². The van der Waals surface area contributed by atoms with Gasteiger partial charge in [0.25, 0.3) is 0 Å². The SMILES string of the molecule is C=CS(=O)(=O)NNC(=O)CN(C1CCN(C(C)c2cccc3ccccc23)CC1)S(C)(=O)=O. The summed E-state index contributed by atoms with van der Waals surface area (Å²) < 4.78 is 48.7. The number of rotatable bonds is 9. The Morgan fingerprint density at radius 2 is 1.79 bits per heavy atom. The van der Waals surface area contributed by atoms with Crippen LogP contribution in [-0.2, 0) is 24.8 Å². The number of nitrogens with one attached hydrogen (secondary N) is 2. The zero-order valence-corrected chi connectivity index (χ0v) is 20.4. The number of hydrogen-bond acceptors (Lipinski definition) is 6. The number of carbonyl (C=O) groups excluding carboxylic acids is 1. The van der Waals surface area contributed by atoms with E-state index >= 15 is 0 Å². The minimum atomic E-state index is -3.86. The zero-order valence-electron chi connectivity index (χ0n) is 18.8. The molecule has 1 amide bonds. The van der Waals surface area contributed by atoms with Gasteiger partial charge < -0.3 is 0 Å². The van der Waals surface area contributed by atoms with Crippen LogP contribution < -0.4 is 10.3 Å². The van der Waals surface area contributed by atoms with Gasteiger partial charge in [0.05, 0.1) is 12.8 Å². The highest BCUT2D eigenvalue weighted by atomic mass is 32.2. The molecule has 9 nitrogen and oxygen atoms in total. The van der Waals surface area contributed by atoms with Gasteiger partial charge in [0, 0.05) is 30.6 Å². The molecule has 11 heteroatoms. The van der Waals surface area contributed by atoms with Crippen LogP contribution in [0.3, 0.4) is 0 Å². The fourth-order valence-electron chi connectivity index (χ4n) is 4.24. The summed E-state index contributed by atoms with van der Waals surface area (Å²) in [5, 5.41) is 3.03. The molecule has 0 radical (unpaired) electrons. The summed E-state index contributed by atoms with van der Waals surface area (Å²) in [6, 6.07) is 14.3. The predicted molar refractivity (Wildman–Crippen MR) is 129 cm³/mol. The second-order valence-corrected chi connectivity index (χ2v) is 11.7. The molecule has 2 aromatic carbocycles. The highest BCUT2D eigenvalue weighted by Gasteiger charge is 2.33. The van der Waals surface area contributed by atoms with Crippen LogP contribution in [0.1, 0.15) is 31.4 Å². The van der Waals surface area contributed by atoms with Crippen LogP contribution in [0, 0.1) is 0 Å². The van der Waals surface area contributed by atoms with Crippen molar-refractivity contribution in [1.29, 1.82) is 0 Å². The van der Waals surface area contributed by atoms with Crippen molar-refractivity contribution in [2.45, 2.75) is 31.8 Å². The maximum Gasteiger partial charge on any atom is 0.250 e. The molecule has 2 aromatic rings. The Kier molecular flexibility index (Phi) is 7.91. The fraction of sp³-hybridized carbons (Fsp3) is 0.409. The van der Waals surface area contributed by atoms with Gasteiger partial charge >= 0.3 is 0 Å². The molecule has 0 aromatic heterocycles. The minimum Gasteiger partial charge on any atom is -0.296 e. The van der Waals surface area contributed by atoms with Gasteiger partial charge in [0.2, 0.25) is 26.0 Å². The van der Waals surface area contributed by atoms with Crippen molar-refractivity contribution in [2.24, 2.45) is 0 Å². The lowest BCUT2D eigenvalue weighted by molar-refractivity contribution is -0.122. The number of fused-ring (bicyclic) bond motifs is 1. The number of sulfonamides is 2. The molecule has 180 valence electrons. The molecular weight excluding hydrogens is 464 g/mol. The van der Waals surface area contributed by atoms with Gasteiger partial charge in [-0.05, 0) is 36.1 Å². The van der Waals surface area contributed by atoms with Gasteiger partial charge in [-0.15, -0.1) is 4.83 Å². The zero-order chi connectivity index (χ0) is 24.2. The van der Waals surface area contributed by atoms with Crippen LogP contribution in [0.2, 0.25) is 0 Å². The molecule has 0 bridgehead atoms. The molecule has 0 saturated carbocycles. The average molecular weight is 495 g/mol. The lowest BCUT2D eigenvalue weighted by Crippen LogP contribution is -2.52. The van der Waals surface area contributed by atoms with Crippen molar-refractivity contribution >= 4 is 36.7 Å². The van der Waals surface area contributed by atoms with Crippen LogP contribution in [0.4, 0.5) is 0 Å². The summed E-state index contributed by atoms with van der Waals surface area (Å²) >= 11 is 0. The molecular formula is C22H30N4O5S2.